The maximum Gasteiger partial charge on any atom is 0.263 e. The van der Waals surface area contributed by atoms with Gasteiger partial charge in [-0.2, -0.15) is 5.10 Å². The Labute approximate surface area is 126 Å². The fourth-order valence-electron chi connectivity index (χ4n) is 1.65. The molecule has 0 saturated carbocycles. The summed E-state index contributed by atoms with van der Waals surface area (Å²) >= 11 is 12.0. The van der Waals surface area contributed by atoms with Gasteiger partial charge >= 0.3 is 0 Å². The molecular weight excluding hydrogens is 323 g/mol. The molecule has 0 aliphatic carbocycles. The molecule has 0 atom stereocenters. The highest BCUT2D eigenvalue weighted by molar-refractivity contribution is 7.92. The molecule has 1 aromatic carbocycles. The van der Waals surface area contributed by atoms with Gasteiger partial charge in [-0.15, -0.1) is 0 Å². The molecule has 0 amide bonds. The molecule has 0 unspecified atom stereocenters. The lowest BCUT2D eigenvalue weighted by Gasteiger charge is -2.11. The SMILES string of the molecule is Cn1cc(NS(=O)(=O)c2ccc(Cl)c(CN)c2Cl)cn1. The van der Waals surface area contributed by atoms with Gasteiger partial charge in [0.15, 0.2) is 0 Å². The standard InChI is InChI=1S/C11H12Cl2N4O2S/c1-17-6-7(5-15-17)16-20(18,19)10-3-2-9(12)8(4-14)11(10)13/h2-3,5-6,16H,4,14H2,1H3. The van der Waals surface area contributed by atoms with Crippen molar-refractivity contribution in [2.75, 3.05) is 4.72 Å². The molecule has 0 radical (unpaired) electrons. The number of nitrogens with two attached hydrogens (primary N) is 1. The van der Waals surface area contributed by atoms with Crippen molar-refractivity contribution >= 4 is 38.9 Å². The molecule has 2 rings (SSSR count). The molecule has 20 heavy (non-hydrogen) atoms. The van der Waals surface area contributed by atoms with Crippen LogP contribution in [0, 0.1) is 0 Å². The van der Waals surface area contributed by atoms with E-state index in [0.29, 0.717) is 16.3 Å². The van der Waals surface area contributed by atoms with Crippen LogP contribution in [-0.2, 0) is 23.6 Å². The van der Waals surface area contributed by atoms with Gasteiger partial charge in [-0.05, 0) is 12.1 Å². The van der Waals surface area contributed by atoms with Crippen molar-refractivity contribution in [3.63, 3.8) is 0 Å². The zero-order chi connectivity index (χ0) is 14.9. The Balaban J connectivity index is 2.44. The largest absolute Gasteiger partial charge is 0.326 e. The first kappa shape index (κ1) is 15.1. The van der Waals surface area contributed by atoms with Crippen molar-refractivity contribution in [2.24, 2.45) is 12.8 Å². The predicted octanol–water partition coefficient (Wildman–Crippen LogP) is 1.99. The first-order chi connectivity index (χ1) is 9.35. The Bertz CT molecular complexity index is 743. The second-order valence-electron chi connectivity index (χ2n) is 4.05. The summed E-state index contributed by atoms with van der Waals surface area (Å²) in [7, 11) is -2.15. The van der Waals surface area contributed by atoms with Gasteiger partial charge < -0.3 is 5.73 Å². The highest BCUT2D eigenvalue weighted by atomic mass is 35.5. The van der Waals surface area contributed by atoms with Crippen LogP contribution < -0.4 is 10.5 Å². The van der Waals surface area contributed by atoms with Crippen LogP contribution >= 0.6 is 23.2 Å². The van der Waals surface area contributed by atoms with Crippen molar-refractivity contribution < 1.29 is 8.42 Å². The maximum absolute atomic E-state index is 12.3. The third kappa shape index (κ3) is 2.90. The molecule has 0 fully saturated rings. The fourth-order valence-corrected chi connectivity index (χ4v) is 3.62. The van der Waals surface area contributed by atoms with Crippen LogP contribution in [0.4, 0.5) is 5.69 Å². The average molecular weight is 335 g/mol. The lowest BCUT2D eigenvalue weighted by atomic mass is 10.2. The van der Waals surface area contributed by atoms with Crippen molar-refractivity contribution in [1.82, 2.24) is 9.78 Å². The Morgan fingerprint density at radius 3 is 2.65 bits per heavy atom. The fraction of sp³-hybridized carbons (Fsp3) is 0.182. The number of benzene rings is 1. The van der Waals surface area contributed by atoms with Crippen LogP contribution in [0.15, 0.2) is 29.4 Å². The van der Waals surface area contributed by atoms with Crippen LogP contribution in [0.5, 0.6) is 0 Å². The van der Waals surface area contributed by atoms with E-state index in [-0.39, 0.29) is 16.5 Å². The van der Waals surface area contributed by atoms with Crippen molar-refractivity contribution in [3.05, 3.63) is 40.1 Å². The Morgan fingerprint density at radius 2 is 2.10 bits per heavy atom. The monoisotopic (exact) mass is 334 g/mol. The first-order valence-electron chi connectivity index (χ1n) is 5.53. The zero-order valence-electron chi connectivity index (χ0n) is 10.5. The minimum Gasteiger partial charge on any atom is -0.326 e. The summed E-state index contributed by atoms with van der Waals surface area (Å²) < 4.78 is 28.5. The molecule has 0 spiro atoms. The molecule has 6 nitrogen and oxygen atoms in total. The maximum atomic E-state index is 12.3. The summed E-state index contributed by atoms with van der Waals surface area (Å²) in [5.74, 6) is 0. The highest BCUT2D eigenvalue weighted by Gasteiger charge is 2.21. The lowest BCUT2D eigenvalue weighted by molar-refractivity contribution is 0.601. The molecule has 9 heteroatoms. The summed E-state index contributed by atoms with van der Waals surface area (Å²) in [6.45, 7) is 0.0495. The van der Waals surface area contributed by atoms with Gasteiger partial charge in [-0.3, -0.25) is 9.40 Å². The Hall–Kier alpha value is -1.28. The second kappa shape index (κ2) is 5.61. The molecule has 0 saturated heterocycles. The van der Waals surface area contributed by atoms with Crippen molar-refractivity contribution in [2.45, 2.75) is 11.4 Å². The second-order valence-corrected chi connectivity index (χ2v) is 6.49. The van der Waals surface area contributed by atoms with Gasteiger partial charge in [-0.1, -0.05) is 23.2 Å². The number of sulfonamides is 1. The smallest absolute Gasteiger partial charge is 0.263 e. The number of hydrogen-bond acceptors (Lipinski definition) is 4. The zero-order valence-corrected chi connectivity index (χ0v) is 12.8. The number of anilines is 1. The Morgan fingerprint density at radius 1 is 1.40 bits per heavy atom. The Kier molecular flexibility index (Phi) is 4.24. The normalized spacial score (nSPS) is 11.6. The van der Waals surface area contributed by atoms with Gasteiger partial charge in [0.05, 0.1) is 16.9 Å². The molecule has 1 aromatic heterocycles. The summed E-state index contributed by atoms with van der Waals surface area (Å²) in [4.78, 5) is -0.0760. The van der Waals surface area contributed by atoms with Crippen LogP contribution in [0.2, 0.25) is 10.0 Å². The molecule has 2 aromatic rings. The topological polar surface area (TPSA) is 90.0 Å². The highest BCUT2D eigenvalue weighted by Crippen LogP contribution is 2.31. The summed E-state index contributed by atoms with van der Waals surface area (Å²) in [6.07, 6.45) is 2.93. The minimum absolute atomic E-state index is 0.0244. The number of nitrogens with zero attached hydrogens (tertiary/aromatic N) is 2. The molecule has 3 N–H and O–H groups in total. The van der Waals surface area contributed by atoms with Crippen molar-refractivity contribution in [3.8, 4) is 0 Å². The molecule has 1 heterocycles. The molecule has 0 aliphatic heterocycles. The third-order valence-corrected chi connectivity index (χ3v) is 4.92. The van der Waals surface area contributed by atoms with E-state index in [2.05, 4.69) is 9.82 Å². The van der Waals surface area contributed by atoms with Crippen LogP contribution in [0.3, 0.4) is 0 Å². The number of aryl methyl sites for hydroxylation is 1. The van der Waals surface area contributed by atoms with Crippen LogP contribution in [0.1, 0.15) is 5.56 Å². The minimum atomic E-state index is -3.83. The van der Waals surface area contributed by atoms with E-state index in [9.17, 15) is 8.42 Å². The van der Waals surface area contributed by atoms with Crippen LogP contribution in [0.25, 0.3) is 0 Å². The van der Waals surface area contributed by atoms with Gasteiger partial charge in [0.2, 0.25) is 0 Å². The van der Waals surface area contributed by atoms with Gasteiger partial charge in [0, 0.05) is 30.4 Å². The molecular formula is C11H12Cl2N4O2S. The molecule has 0 bridgehead atoms. The lowest BCUT2D eigenvalue weighted by Crippen LogP contribution is -2.14. The van der Waals surface area contributed by atoms with Gasteiger partial charge in [-0.25, -0.2) is 8.42 Å². The molecule has 0 aliphatic rings. The van der Waals surface area contributed by atoms with E-state index < -0.39 is 10.0 Å². The van der Waals surface area contributed by atoms with E-state index >= 15 is 0 Å². The third-order valence-electron chi connectivity index (χ3n) is 2.60. The quantitative estimate of drug-likeness (QED) is 0.894. The summed E-state index contributed by atoms with van der Waals surface area (Å²) in [5.41, 5.74) is 6.25. The predicted molar refractivity (Wildman–Crippen MR) is 78.4 cm³/mol. The average Bonchev–Trinajstić information content (AvgIpc) is 2.74. The summed E-state index contributed by atoms with van der Waals surface area (Å²) in [6, 6.07) is 2.79. The number of halogens is 2. The van der Waals surface area contributed by atoms with E-state index in [4.69, 9.17) is 28.9 Å². The van der Waals surface area contributed by atoms with Gasteiger partial charge in [0.1, 0.15) is 4.90 Å². The van der Waals surface area contributed by atoms with Crippen molar-refractivity contribution in [1.29, 1.82) is 0 Å². The van der Waals surface area contributed by atoms with Gasteiger partial charge in [0.25, 0.3) is 10.0 Å². The number of nitrogens with one attached hydrogen (secondary N) is 1. The molecule has 108 valence electrons. The summed E-state index contributed by atoms with van der Waals surface area (Å²) in [5, 5.41) is 4.24. The van der Waals surface area contributed by atoms with E-state index in [1.54, 1.807) is 7.05 Å². The first-order valence-corrected chi connectivity index (χ1v) is 7.77. The number of hydrogen-bond donors (Lipinski definition) is 2. The van der Waals surface area contributed by atoms with E-state index in [1.165, 1.54) is 29.2 Å². The number of aromatic nitrogens is 2. The van der Waals surface area contributed by atoms with Crippen LogP contribution in [-0.4, -0.2) is 18.2 Å². The van der Waals surface area contributed by atoms with E-state index in [1.807, 2.05) is 0 Å². The van der Waals surface area contributed by atoms with E-state index in [0.717, 1.165) is 0 Å². The number of rotatable bonds is 4.